The predicted molar refractivity (Wildman–Crippen MR) is 64.5 cm³/mol. The monoisotopic (exact) mass is 224 g/mol. The van der Waals surface area contributed by atoms with Gasteiger partial charge in [-0.2, -0.15) is 0 Å². The zero-order valence-corrected chi connectivity index (χ0v) is 10.5. The smallest absolute Gasteiger partial charge is 0.0674 e. The van der Waals surface area contributed by atoms with E-state index in [-0.39, 0.29) is 0 Å². The molecule has 3 nitrogen and oxygen atoms in total. The van der Waals surface area contributed by atoms with E-state index in [9.17, 15) is 0 Å². The van der Waals surface area contributed by atoms with Crippen molar-refractivity contribution in [1.29, 1.82) is 0 Å². The van der Waals surface area contributed by atoms with Crippen molar-refractivity contribution < 1.29 is 4.74 Å². The van der Waals surface area contributed by atoms with Crippen molar-refractivity contribution in [2.24, 2.45) is 5.92 Å². The van der Waals surface area contributed by atoms with E-state index in [0.29, 0.717) is 12.1 Å². The van der Waals surface area contributed by atoms with Crippen LogP contribution in [0.1, 0.15) is 33.1 Å². The fraction of sp³-hybridized carbons (Fsp3) is 1.00. The Labute approximate surface area is 98.5 Å². The van der Waals surface area contributed by atoms with Crippen molar-refractivity contribution in [3.63, 3.8) is 0 Å². The molecule has 0 spiro atoms. The molecule has 0 aromatic heterocycles. The summed E-state index contributed by atoms with van der Waals surface area (Å²) in [4.78, 5) is 2.64. The van der Waals surface area contributed by atoms with Crippen molar-refractivity contribution in [3.05, 3.63) is 0 Å². The van der Waals surface area contributed by atoms with Gasteiger partial charge < -0.3 is 10.1 Å². The minimum atomic E-state index is 0.419. The van der Waals surface area contributed by atoms with Crippen LogP contribution in [0, 0.1) is 5.92 Å². The number of rotatable bonds is 2. The van der Waals surface area contributed by atoms with Gasteiger partial charge in [0, 0.05) is 31.2 Å². The summed E-state index contributed by atoms with van der Waals surface area (Å²) in [5.74, 6) is 0.895. The van der Waals surface area contributed by atoms with E-state index >= 15 is 0 Å². The Kier molecular flexibility index (Phi) is 2.94. The maximum absolute atomic E-state index is 5.69. The largest absolute Gasteiger partial charge is 0.376 e. The molecule has 16 heavy (non-hydrogen) atoms. The summed E-state index contributed by atoms with van der Waals surface area (Å²) in [5, 5.41) is 3.74. The van der Waals surface area contributed by atoms with Crippen LogP contribution in [-0.2, 0) is 4.74 Å². The molecule has 0 saturated carbocycles. The van der Waals surface area contributed by atoms with Gasteiger partial charge in [-0.3, -0.25) is 4.90 Å². The number of nitrogens with one attached hydrogen (secondary N) is 1. The zero-order valence-electron chi connectivity index (χ0n) is 10.5. The molecule has 3 heteroatoms. The highest BCUT2D eigenvalue weighted by Crippen LogP contribution is 2.34. The second kappa shape index (κ2) is 4.28. The van der Waals surface area contributed by atoms with Gasteiger partial charge in [0.1, 0.15) is 0 Å². The van der Waals surface area contributed by atoms with Gasteiger partial charge >= 0.3 is 0 Å². The number of hydrogen-bond acceptors (Lipinski definition) is 3. The first kappa shape index (κ1) is 11.0. The average Bonchev–Trinajstić information content (AvgIpc) is 2.85. The highest BCUT2D eigenvalue weighted by Gasteiger charge is 2.40. The van der Waals surface area contributed by atoms with Crippen LogP contribution in [0.2, 0.25) is 0 Å². The summed E-state index contributed by atoms with van der Waals surface area (Å²) >= 11 is 0. The lowest BCUT2D eigenvalue weighted by atomic mass is 9.88. The maximum Gasteiger partial charge on any atom is 0.0674 e. The van der Waals surface area contributed by atoms with Crippen LogP contribution < -0.4 is 5.32 Å². The van der Waals surface area contributed by atoms with Crippen LogP contribution in [0.5, 0.6) is 0 Å². The second-order valence-electron chi connectivity index (χ2n) is 5.99. The SMILES string of the molecule is CC1CN(CC2CC3CCC2N3)C(C)CO1. The Hall–Kier alpha value is -0.120. The van der Waals surface area contributed by atoms with Gasteiger partial charge in [0.05, 0.1) is 12.7 Å². The molecule has 0 amide bonds. The van der Waals surface area contributed by atoms with E-state index in [1.807, 2.05) is 0 Å². The topological polar surface area (TPSA) is 24.5 Å². The lowest BCUT2D eigenvalue weighted by molar-refractivity contribution is -0.0551. The third-order valence-corrected chi connectivity index (χ3v) is 4.64. The third kappa shape index (κ3) is 2.01. The molecular weight excluding hydrogens is 200 g/mol. The van der Waals surface area contributed by atoms with Crippen LogP contribution in [0.25, 0.3) is 0 Å². The molecular formula is C13H24N2O. The van der Waals surface area contributed by atoms with Gasteiger partial charge in [-0.15, -0.1) is 0 Å². The first-order valence-electron chi connectivity index (χ1n) is 6.84. The molecule has 3 fully saturated rings. The lowest BCUT2D eigenvalue weighted by Crippen LogP contribution is -2.50. The van der Waals surface area contributed by atoms with Crippen molar-refractivity contribution in [2.45, 2.75) is 57.3 Å². The summed E-state index contributed by atoms with van der Waals surface area (Å²) in [6.07, 6.45) is 4.64. The highest BCUT2D eigenvalue weighted by atomic mass is 16.5. The normalized spacial score (nSPS) is 48.8. The lowest BCUT2D eigenvalue weighted by Gasteiger charge is -2.39. The molecule has 0 aliphatic carbocycles. The predicted octanol–water partition coefficient (Wildman–Crippen LogP) is 1.24. The fourth-order valence-electron chi connectivity index (χ4n) is 3.67. The van der Waals surface area contributed by atoms with E-state index in [1.165, 1.54) is 25.8 Å². The van der Waals surface area contributed by atoms with Crippen molar-refractivity contribution in [1.82, 2.24) is 10.2 Å². The molecule has 3 heterocycles. The number of hydrogen-bond donors (Lipinski definition) is 1. The van der Waals surface area contributed by atoms with E-state index in [0.717, 1.165) is 31.2 Å². The molecule has 5 atom stereocenters. The fourth-order valence-corrected chi connectivity index (χ4v) is 3.67. The van der Waals surface area contributed by atoms with Crippen LogP contribution >= 0.6 is 0 Å². The first-order valence-corrected chi connectivity index (χ1v) is 6.84. The highest BCUT2D eigenvalue weighted by molar-refractivity contribution is 4.98. The van der Waals surface area contributed by atoms with E-state index in [4.69, 9.17) is 4.74 Å². The van der Waals surface area contributed by atoms with E-state index in [1.54, 1.807) is 0 Å². The van der Waals surface area contributed by atoms with Gasteiger partial charge in [0.25, 0.3) is 0 Å². The Bertz CT molecular complexity index is 258. The van der Waals surface area contributed by atoms with Gasteiger partial charge in [0.2, 0.25) is 0 Å². The summed E-state index contributed by atoms with van der Waals surface area (Å²) in [7, 11) is 0. The van der Waals surface area contributed by atoms with Crippen molar-refractivity contribution in [3.8, 4) is 0 Å². The quantitative estimate of drug-likeness (QED) is 0.763. The third-order valence-electron chi connectivity index (χ3n) is 4.64. The molecule has 3 rings (SSSR count). The van der Waals surface area contributed by atoms with Gasteiger partial charge in [-0.25, -0.2) is 0 Å². The molecule has 3 saturated heterocycles. The summed E-state index contributed by atoms with van der Waals surface area (Å²) < 4.78 is 5.69. The van der Waals surface area contributed by atoms with Gasteiger partial charge in [-0.1, -0.05) is 0 Å². The molecule has 5 unspecified atom stereocenters. The van der Waals surface area contributed by atoms with E-state index in [2.05, 4.69) is 24.1 Å². The number of morpholine rings is 1. The molecule has 1 N–H and O–H groups in total. The number of nitrogens with zero attached hydrogens (tertiary/aromatic N) is 1. The Balaban J connectivity index is 1.57. The molecule has 92 valence electrons. The van der Waals surface area contributed by atoms with E-state index < -0.39 is 0 Å². The number of fused-ring (bicyclic) bond motifs is 2. The zero-order chi connectivity index (χ0) is 11.1. The summed E-state index contributed by atoms with van der Waals surface area (Å²) in [6.45, 7) is 7.80. The van der Waals surface area contributed by atoms with Crippen LogP contribution in [0.3, 0.4) is 0 Å². The molecule has 3 aliphatic heterocycles. The van der Waals surface area contributed by atoms with Crippen molar-refractivity contribution in [2.75, 3.05) is 19.7 Å². The molecule has 0 aromatic carbocycles. The Morgan fingerprint density at radius 2 is 2.19 bits per heavy atom. The van der Waals surface area contributed by atoms with Crippen molar-refractivity contribution >= 4 is 0 Å². The van der Waals surface area contributed by atoms with Crippen LogP contribution in [0.4, 0.5) is 0 Å². The van der Waals surface area contributed by atoms with Crippen LogP contribution in [-0.4, -0.2) is 48.8 Å². The van der Waals surface area contributed by atoms with Crippen LogP contribution in [0.15, 0.2) is 0 Å². The molecule has 0 radical (unpaired) electrons. The summed E-state index contributed by atoms with van der Waals surface area (Å²) in [6, 6.07) is 2.26. The van der Waals surface area contributed by atoms with Gasteiger partial charge in [0.15, 0.2) is 0 Å². The molecule has 3 aliphatic rings. The summed E-state index contributed by atoms with van der Waals surface area (Å²) in [5.41, 5.74) is 0. The second-order valence-corrected chi connectivity index (χ2v) is 5.99. The Morgan fingerprint density at radius 1 is 1.31 bits per heavy atom. The maximum atomic E-state index is 5.69. The minimum absolute atomic E-state index is 0.419. The number of ether oxygens (including phenoxy) is 1. The minimum Gasteiger partial charge on any atom is -0.376 e. The Morgan fingerprint density at radius 3 is 2.88 bits per heavy atom. The standard InChI is InChI=1S/C13H24N2O/c1-9-8-16-10(2)6-15(9)7-11-5-12-3-4-13(11)14-12/h9-14H,3-8H2,1-2H3. The average molecular weight is 224 g/mol. The molecule has 2 bridgehead atoms. The van der Waals surface area contributed by atoms with Gasteiger partial charge in [-0.05, 0) is 39.0 Å². The first-order chi connectivity index (χ1) is 7.72. The molecule has 0 aromatic rings.